The van der Waals surface area contributed by atoms with Gasteiger partial charge in [0.05, 0.1) is 12.5 Å². The molecule has 0 saturated carbocycles. The number of nitrogens with one attached hydrogen (secondary N) is 1. The lowest BCUT2D eigenvalue weighted by atomic mass is 9.95. The molecule has 2 unspecified atom stereocenters. The fourth-order valence-corrected chi connectivity index (χ4v) is 2.47. The van der Waals surface area contributed by atoms with Crippen LogP contribution in [0.5, 0.6) is 0 Å². The van der Waals surface area contributed by atoms with E-state index in [4.69, 9.17) is 9.26 Å². The summed E-state index contributed by atoms with van der Waals surface area (Å²) in [5, 5.41) is 7.55. The lowest BCUT2D eigenvalue weighted by Crippen LogP contribution is -2.41. The Labute approximate surface area is 123 Å². The third-order valence-corrected chi connectivity index (χ3v) is 3.58. The van der Waals surface area contributed by atoms with Gasteiger partial charge in [-0.25, -0.2) is 9.97 Å². The van der Waals surface area contributed by atoms with E-state index in [0.29, 0.717) is 30.1 Å². The van der Waals surface area contributed by atoms with Crippen LogP contribution in [0.25, 0.3) is 11.5 Å². The molecule has 0 bridgehead atoms. The van der Waals surface area contributed by atoms with Gasteiger partial charge < -0.3 is 14.6 Å². The zero-order chi connectivity index (χ0) is 14.5. The van der Waals surface area contributed by atoms with Crippen LogP contribution in [0, 0.1) is 0 Å². The van der Waals surface area contributed by atoms with Crippen molar-refractivity contribution in [2.45, 2.75) is 31.7 Å². The summed E-state index contributed by atoms with van der Waals surface area (Å²) in [6.45, 7) is 4.51. The lowest BCUT2D eigenvalue weighted by molar-refractivity contribution is 0.0498. The summed E-state index contributed by atoms with van der Waals surface area (Å²) in [4.78, 5) is 12.5. The van der Waals surface area contributed by atoms with Crippen molar-refractivity contribution >= 4 is 0 Å². The second-order valence-corrected chi connectivity index (χ2v) is 5.08. The molecule has 1 saturated heterocycles. The zero-order valence-corrected chi connectivity index (χ0v) is 12.0. The van der Waals surface area contributed by atoms with Crippen molar-refractivity contribution in [2.24, 2.45) is 0 Å². The van der Waals surface area contributed by atoms with Crippen LogP contribution in [0.3, 0.4) is 0 Å². The molecule has 2 aromatic heterocycles. The largest absolute Gasteiger partial charge is 0.381 e. The Morgan fingerprint density at radius 2 is 2.38 bits per heavy atom. The second kappa shape index (κ2) is 6.73. The zero-order valence-electron chi connectivity index (χ0n) is 12.0. The number of nitrogens with zero attached hydrogens (tertiary/aromatic N) is 4. The van der Waals surface area contributed by atoms with E-state index >= 15 is 0 Å². The van der Waals surface area contributed by atoms with Gasteiger partial charge in [-0.3, -0.25) is 0 Å². The first-order chi connectivity index (χ1) is 10.4. The van der Waals surface area contributed by atoms with Crippen molar-refractivity contribution < 1.29 is 9.26 Å². The lowest BCUT2D eigenvalue weighted by Gasteiger charge is -2.29. The highest BCUT2D eigenvalue weighted by Gasteiger charge is 2.31. The Bertz CT molecular complexity index is 560. The molecule has 1 aliphatic rings. The van der Waals surface area contributed by atoms with Crippen LogP contribution in [0.1, 0.15) is 31.6 Å². The minimum absolute atomic E-state index is 0.0911. The van der Waals surface area contributed by atoms with Crippen LogP contribution in [-0.2, 0) is 4.74 Å². The van der Waals surface area contributed by atoms with Crippen LogP contribution in [0.4, 0.5) is 0 Å². The summed E-state index contributed by atoms with van der Waals surface area (Å²) in [6, 6.07) is 2.08. The normalized spacial score (nSPS) is 22.3. The molecule has 112 valence electrons. The highest BCUT2D eigenvalue weighted by atomic mass is 16.5. The van der Waals surface area contributed by atoms with E-state index in [9.17, 15) is 0 Å². The van der Waals surface area contributed by atoms with Gasteiger partial charge in [0.1, 0.15) is 12.0 Å². The van der Waals surface area contributed by atoms with Crippen molar-refractivity contribution in [2.75, 3.05) is 19.8 Å². The molecule has 3 rings (SSSR count). The maximum atomic E-state index is 5.57. The van der Waals surface area contributed by atoms with Crippen LogP contribution < -0.4 is 5.32 Å². The summed E-state index contributed by atoms with van der Waals surface area (Å²) < 4.78 is 11.0. The second-order valence-electron chi connectivity index (χ2n) is 5.08. The molecular formula is C14H19N5O2. The molecule has 0 aromatic carbocycles. The van der Waals surface area contributed by atoms with E-state index in [1.807, 2.05) is 0 Å². The van der Waals surface area contributed by atoms with Gasteiger partial charge in [-0.1, -0.05) is 12.1 Å². The SMILES string of the molecule is CCCNC1CCOCC1c1nc(-c2ccncn2)no1. The molecule has 0 amide bonds. The third-order valence-electron chi connectivity index (χ3n) is 3.58. The van der Waals surface area contributed by atoms with Crippen LogP contribution in [0.2, 0.25) is 0 Å². The third kappa shape index (κ3) is 3.25. The molecule has 0 spiro atoms. The first-order valence-corrected chi connectivity index (χ1v) is 7.29. The van der Waals surface area contributed by atoms with E-state index in [0.717, 1.165) is 26.0 Å². The summed E-state index contributed by atoms with van der Waals surface area (Å²) in [5.41, 5.74) is 0.662. The molecule has 7 heteroatoms. The van der Waals surface area contributed by atoms with Gasteiger partial charge in [0.15, 0.2) is 0 Å². The van der Waals surface area contributed by atoms with Gasteiger partial charge in [0, 0.05) is 18.8 Å². The van der Waals surface area contributed by atoms with E-state index in [2.05, 4.69) is 32.3 Å². The molecule has 1 fully saturated rings. The molecule has 2 atom stereocenters. The Morgan fingerprint density at radius 1 is 1.43 bits per heavy atom. The van der Waals surface area contributed by atoms with Gasteiger partial charge in [0.2, 0.25) is 11.7 Å². The average Bonchev–Trinajstić information content (AvgIpc) is 3.04. The predicted molar refractivity (Wildman–Crippen MR) is 75.6 cm³/mol. The van der Waals surface area contributed by atoms with Gasteiger partial charge in [-0.05, 0) is 25.5 Å². The summed E-state index contributed by atoms with van der Waals surface area (Å²) in [6.07, 6.45) is 5.18. The van der Waals surface area contributed by atoms with E-state index in [1.54, 1.807) is 12.3 Å². The molecule has 1 aliphatic heterocycles. The van der Waals surface area contributed by atoms with E-state index in [1.165, 1.54) is 6.33 Å². The highest BCUT2D eigenvalue weighted by Crippen LogP contribution is 2.26. The van der Waals surface area contributed by atoms with E-state index < -0.39 is 0 Å². The number of ether oxygens (including phenoxy) is 1. The Kier molecular flexibility index (Phi) is 4.52. The Morgan fingerprint density at radius 3 is 3.19 bits per heavy atom. The minimum atomic E-state index is 0.0911. The first-order valence-electron chi connectivity index (χ1n) is 7.29. The van der Waals surface area contributed by atoms with Crippen LogP contribution in [-0.4, -0.2) is 45.9 Å². The Hall–Kier alpha value is -1.86. The topological polar surface area (TPSA) is 86.0 Å². The number of hydrogen-bond donors (Lipinski definition) is 1. The fourth-order valence-electron chi connectivity index (χ4n) is 2.47. The summed E-state index contributed by atoms with van der Waals surface area (Å²) >= 11 is 0. The minimum Gasteiger partial charge on any atom is -0.381 e. The van der Waals surface area contributed by atoms with Crippen molar-refractivity contribution in [1.82, 2.24) is 25.4 Å². The van der Waals surface area contributed by atoms with Crippen molar-refractivity contribution in [3.05, 3.63) is 24.5 Å². The average molecular weight is 289 g/mol. The van der Waals surface area contributed by atoms with Crippen LogP contribution >= 0.6 is 0 Å². The quantitative estimate of drug-likeness (QED) is 0.890. The van der Waals surface area contributed by atoms with Crippen LogP contribution in [0.15, 0.2) is 23.1 Å². The molecule has 7 nitrogen and oxygen atoms in total. The number of hydrogen-bond acceptors (Lipinski definition) is 7. The van der Waals surface area contributed by atoms with Gasteiger partial charge in [-0.15, -0.1) is 0 Å². The molecule has 2 aromatic rings. The van der Waals surface area contributed by atoms with Crippen molar-refractivity contribution in [3.8, 4) is 11.5 Å². The van der Waals surface area contributed by atoms with Gasteiger partial charge >= 0.3 is 0 Å². The molecule has 1 N–H and O–H groups in total. The van der Waals surface area contributed by atoms with Gasteiger partial charge in [-0.2, -0.15) is 4.98 Å². The molecule has 21 heavy (non-hydrogen) atoms. The van der Waals surface area contributed by atoms with Crippen molar-refractivity contribution in [1.29, 1.82) is 0 Å². The van der Waals surface area contributed by atoms with E-state index in [-0.39, 0.29) is 5.92 Å². The summed E-state index contributed by atoms with van der Waals surface area (Å²) in [7, 11) is 0. The first kappa shape index (κ1) is 14.1. The maximum Gasteiger partial charge on any atom is 0.234 e. The van der Waals surface area contributed by atoms with Gasteiger partial charge in [0.25, 0.3) is 0 Å². The predicted octanol–water partition coefficient (Wildman–Crippen LogP) is 1.40. The molecular weight excluding hydrogens is 270 g/mol. The monoisotopic (exact) mass is 289 g/mol. The molecule has 0 radical (unpaired) electrons. The highest BCUT2D eigenvalue weighted by molar-refractivity contribution is 5.46. The smallest absolute Gasteiger partial charge is 0.234 e. The number of aromatic nitrogens is 4. The van der Waals surface area contributed by atoms with Crippen molar-refractivity contribution in [3.63, 3.8) is 0 Å². The maximum absolute atomic E-state index is 5.57. The standard InChI is InChI=1S/C14H19N5O2/c1-2-5-16-11-4-7-20-8-10(11)14-18-13(19-21-14)12-3-6-15-9-17-12/h3,6,9-11,16H,2,4-5,7-8H2,1H3. The Balaban J connectivity index is 1.77. The summed E-state index contributed by atoms with van der Waals surface area (Å²) in [5.74, 6) is 1.19. The number of rotatable bonds is 5. The molecule has 3 heterocycles. The fraction of sp³-hybridized carbons (Fsp3) is 0.571. The molecule has 0 aliphatic carbocycles.